The molecule has 134 valence electrons. The van der Waals surface area contributed by atoms with Gasteiger partial charge < -0.3 is 10.1 Å². The van der Waals surface area contributed by atoms with E-state index >= 15 is 0 Å². The smallest absolute Gasteiger partial charge is 0.234 e. The van der Waals surface area contributed by atoms with E-state index in [0.29, 0.717) is 11.8 Å². The molecule has 0 unspecified atom stereocenters. The summed E-state index contributed by atoms with van der Waals surface area (Å²) in [4.78, 5) is 12.1. The first-order valence-corrected chi connectivity index (χ1v) is 9.15. The lowest BCUT2D eigenvalue weighted by Crippen LogP contribution is -2.14. The Labute approximate surface area is 155 Å². The third-order valence-corrected chi connectivity index (χ3v) is 4.42. The van der Waals surface area contributed by atoms with Gasteiger partial charge in [-0.3, -0.25) is 4.79 Å². The molecule has 0 aliphatic rings. The Hall–Kier alpha value is -2.87. The summed E-state index contributed by atoms with van der Waals surface area (Å²) in [6.07, 6.45) is 0. The minimum Gasteiger partial charge on any atom is -0.494 e. The van der Waals surface area contributed by atoms with Crippen molar-refractivity contribution >= 4 is 23.4 Å². The van der Waals surface area contributed by atoms with Crippen LogP contribution in [0, 0.1) is 6.92 Å². The van der Waals surface area contributed by atoms with Gasteiger partial charge in [-0.15, -0.1) is 5.10 Å². The maximum atomic E-state index is 12.1. The molecule has 1 amide bonds. The van der Waals surface area contributed by atoms with Crippen LogP contribution in [0.2, 0.25) is 0 Å². The molecule has 7 nitrogen and oxygen atoms in total. The van der Waals surface area contributed by atoms with E-state index in [2.05, 4.69) is 20.8 Å². The number of hydrogen-bond donors (Lipinski definition) is 1. The van der Waals surface area contributed by atoms with Crippen LogP contribution in [-0.2, 0) is 4.79 Å². The number of thioether (sulfide) groups is 1. The molecule has 3 rings (SSSR count). The van der Waals surface area contributed by atoms with E-state index in [0.717, 1.165) is 22.7 Å². The molecular weight excluding hydrogens is 350 g/mol. The third kappa shape index (κ3) is 4.60. The standard InChI is InChI=1S/C18H19N5O2S/c1-3-25-16-10-8-15(9-11-16)23-18(20-21-22-23)26-12-17(24)19-14-6-4-13(2)5-7-14/h4-11H,3,12H2,1-2H3,(H,19,24). The van der Waals surface area contributed by atoms with Crippen LogP contribution in [0.4, 0.5) is 5.69 Å². The predicted molar refractivity (Wildman–Crippen MR) is 101 cm³/mol. The maximum Gasteiger partial charge on any atom is 0.234 e. The quantitative estimate of drug-likeness (QED) is 0.645. The van der Waals surface area contributed by atoms with Gasteiger partial charge >= 0.3 is 0 Å². The minimum absolute atomic E-state index is 0.111. The zero-order valence-electron chi connectivity index (χ0n) is 14.5. The summed E-state index contributed by atoms with van der Waals surface area (Å²) in [6.45, 7) is 4.55. The van der Waals surface area contributed by atoms with E-state index in [1.54, 1.807) is 4.68 Å². The fraction of sp³-hybridized carbons (Fsp3) is 0.222. The maximum absolute atomic E-state index is 12.1. The number of amides is 1. The van der Waals surface area contributed by atoms with Gasteiger partial charge in [-0.25, -0.2) is 0 Å². The molecule has 0 spiro atoms. The molecule has 0 bridgehead atoms. The van der Waals surface area contributed by atoms with Crippen LogP contribution in [0.25, 0.3) is 5.69 Å². The molecule has 0 fully saturated rings. The average molecular weight is 369 g/mol. The van der Waals surface area contributed by atoms with Crippen LogP contribution < -0.4 is 10.1 Å². The van der Waals surface area contributed by atoms with Gasteiger partial charge in [0.1, 0.15) is 5.75 Å². The fourth-order valence-corrected chi connectivity index (χ4v) is 2.94. The first-order valence-electron chi connectivity index (χ1n) is 8.16. The molecule has 0 saturated carbocycles. The number of anilines is 1. The molecule has 2 aromatic carbocycles. The van der Waals surface area contributed by atoms with E-state index in [9.17, 15) is 4.79 Å². The second-order valence-corrected chi connectivity index (χ2v) is 6.45. The Bertz CT molecular complexity index is 862. The van der Waals surface area contributed by atoms with E-state index in [1.165, 1.54) is 11.8 Å². The lowest BCUT2D eigenvalue weighted by Gasteiger charge is -2.07. The fourth-order valence-electron chi connectivity index (χ4n) is 2.25. The molecular formula is C18H19N5O2S. The summed E-state index contributed by atoms with van der Waals surface area (Å²) in [7, 11) is 0. The summed E-state index contributed by atoms with van der Waals surface area (Å²) >= 11 is 1.28. The van der Waals surface area contributed by atoms with Crippen molar-refractivity contribution in [1.29, 1.82) is 0 Å². The van der Waals surface area contributed by atoms with Crippen LogP contribution in [0.3, 0.4) is 0 Å². The molecule has 0 radical (unpaired) electrons. The number of aromatic nitrogens is 4. The van der Waals surface area contributed by atoms with E-state index < -0.39 is 0 Å². The Morgan fingerprint density at radius 1 is 1.15 bits per heavy atom. The van der Waals surface area contributed by atoms with Crippen LogP contribution >= 0.6 is 11.8 Å². The monoisotopic (exact) mass is 369 g/mol. The summed E-state index contributed by atoms with van der Waals surface area (Å²) < 4.78 is 7.03. The number of nitrogens with zero attached hydrogens (tertiary/aromatic N) is 4. The minimum atomic E-state index is -0.111. The topological polar surface area (TPSA) is 81.9 Å². The number of nitrogens with one attached hydrogen (secondary N) is 1. The summed E-state index contributed by atoms with van der Waals surface area (Å²) in [6, 6.07) is 15.1. The van der Waals surface area contributed by atoms with E-state index in [-0.39, 0.29) is 11.7 Å². The van der Waals surface area contributed by atoms with Crippen LogP contribution in [0.1, 0.15) is 12.5 Å². The molecule has 1 aromatic heterocycles. The van der Waals surface area contributed by atoms with Crippen molar-refractivity contribution in [2.45, 2.75) is 19.0 Å². The molecule has 3 aromatic rings. The highest BCUT2D eigenvalue weighted by molar-refractivity contribution is 7.99. The Morgan fingerprint density at radius 2 is 1.88 bits per heavy atom. The van der Waals surface area contributed by atoms with Crippen LogP contribution in [0.5, 0.6) is 5.75 Å². The Kier molecular flexibility index (Phi) is 5.85. The zero-order chi connectivity index (χ0) is 18.4. The Morgan fingerprint density at radius 3 is 2.58 bits per heavy atom. The largest absolute Gasteiger partial charge is 0.494 e. The zero-order valence-corrected chi connectivity index (χ0v) is 15.4. The van der Waals surface area contributed by atoms with Gasteiger partial charge in [0.2, 0.25) is 11.1 Å². The number of tetrazole rings is 1. The van der Waals surface area contributed by atoms with Crippen LogP contribution in [0.15, 0.2) is 53.7 Å². The number of hydrogen-bond acceptors (Lipinski definition) is 6. The second-order valence-electron chi connectivity index (χ2n) is 5.50. The van der Waals surface area contributed by atoms with Crippen molar-refractivity contribution in [3.8, 4) is 11.4 Å². The number of carbonyl (C=O) groups is 1. The SMILES string of the molecule is CCOc1ccc(-n2nnnc2SCC(=O)Nc2ccc(C)cc2)cc1. The number of rotatable bonds is 7. The number of benzene rings is 2. The van der Waals surface area contributed by atoms with Crippen molar-refractivity contribution in [1.82, 2.24) is 20.2 Å². The van der Waals surface area contributed by atoms with Gasteiger partial charge in [-0.1, -0.05) is 29.5 Å². The summed E-state index contributed by atoms with van der Waals surface area (Å²) in [5.41, 5.74) is 2.72. The summed E-state index contributed by atoms with van der Waals surface area (Å²) in [5, 5.41) is 15.1. The van der Waals surface area contributed by atoms with Gasteiger partial charge in [0.25, 0.3) is 0 Å². The first kappa shape index (κ1) is 17.9. The predicted octanol–water partition coefficient (Wildman–Crippen LogP) is 3.10. The lowest BCUT2D eigenvalue weighted by molar-refractivity contribution is -0.113. The second kappa shape index (κ2) is 8.48. The molecule has 1 N–H and O–H groups in total. The Balaban J connectivity index is 1.61. The van der Waals surface area contributed by atoms with E-state index in [1.807, 2.05) is 62.4 Å². The normalized spacial score (nSPS) is 10.5. The van der Waals surface area contributed by atoms with E-state index in [4.69, 9.17) is 4.74 Å². The molecule has 0 aliphatic heterocycles. The highest BCUT2D eigenvalue weighted by Crippen LogP contribution is 2.20. The van der Waals surface area contributed by atoms with Crippen molar-refractivity contribution in [2.24, 2.45) is 0 Å². The third-order valence-electron chi connectivity index (χ3n) is 3.50. The van der Waals surface area contributed by atoms with Crippen LogP contribution in [-0.4, -0.2) is 38.5 Å². The van der Waals surface area contributed by atoms with Gasteiger partial charge in [-0.05, 0) is 60.7 Å². The molecule has 26 heavy (non-hydrogen) atoms. The lowest BCUT2D eigenvalue weighted by atomic mass is 10.2. The van der Waals surface area contributed by atoms with Gasteiger partial charge in [0, 0.05) is 5.69 Å². The van der Waals surface area contributed by atoms with Crippen molar-refractivity contribution in [2.75, 3.05) is 17.7 Å². The summed E-state index contributed by atoms with van der Waals surface area (Å²) in [5.74, 6) is 0.891. The first-order chi connectivity index (χ1) is 12.7. The molecule has 0 aliphatic carbocycles. The number of ether oxygens (including phenoxy) is 1. The molecule has 0 saturated heterocycles. The molecule has 8 heteroatoms. The van der Waals surface area contributed by atoms with Gasteiger partial charge in [0.15, 0.2) is 0 Å². The number of aryl methyl sites for hydroxylation is 1. The number of carbonyl (C=O) groups excluding carboxylic acids is 1. The van der Waals surface area contributed by atoms with Gasteiger partial charge in [0.05, 0.1) is 18.0 Å². The van der Waals surface area contributed by atoms with Crippen molar-refractivity contribution < 1.29 is 9.53 Å². The highest BCUT2D eigenvalue weighted by atomic mass is 32.2. The van der Waals surface area contributed by atoms with Gasteiger partial charge in [-0.2, -0.15) is 4.68 Å². The molecule has 1 heterocycles. The molecule has 0 atom stereocenters. The average Bonchev–Trinajstić information content (AvgIpc) is 3.11. The van der Waals surface area contributed by atoms with Crippen molar-refractivity contribution in [3.05, 3.63) is 54.1 Å². The highest BCUT2D eigenvalue weighted by Gasteiger charge is 2.12. The van der Waals surface area contributed by atoms with Crippen molar-refractivity contribution in [3.63, 3.8) is 0 Å².